The molecule has 0 atom stereocenters. The fourth-order valence-electron chi connectivity index (χ4n) is 1.14. The molecule has 0 aliphatic carbocycles. The molecule has 0 spiro atoms. The average molecular weight is 236 g/mol. The largest absolute Gasteiger partial charge is 0.397 e. The van der Waals surface area contributed by atoms with E-state index in [2.05, 4.69) is 26.5 Å². The molecule has 0 saturated heterocycles. The van der Waals surface area contributed by atoms with Crippen molar-refractivity contribution in [3.05, 3.63) is 0 Å². The molecule has 0 N–H and O–H groups in total. The lowest BCUT2D eigenvalue weighted by Crippen LogP contribution is -2.23. The molecule has 0 bridgehead atoms. The van der Waals surface area contributed by atoms with Gasteiger partial charge in [-0.2, -0.15) is 12.6 Å². The highest BCUT2D eigenvalue weighted by Crippen LogP contribution is 2.06. The second-order valence-corrected chi connectivity index (χ2v) is 5.94. The Labute approximate surface area is 95.6 Å². The quantitative estimate of drug-likeness (QED) is 0.357. The first-order valence-electron chi connectivity index (χ1n) is 5.69. The molecular formula is C10H24O2SSi. The van der Waals surface area contributed by atoms with E-state index in [0.29, 0.717) is 0 Å². The Morgan fingerprint density at radius 1 is 1.00 bits per heavy atom. The highest BCUT2D eigenvalue weighted by molar-refractivity contribution is 7.80. The average Bonchev–Trinajstić information content (AvgIpc) is 2.21. The van der Waals surface area contributed by atoms with E-state index >= 15 is 0 Å². The summed E-state index contributed by atoms with van der Waals surface area (Å²) >= 11 is 4.20. The van der Waals surface area contributed by atoms with E-state index in [1.165, 1.54) is 12.8 Å². The maximum Gasteiger partial charge on any atom is 0.321 e. The van der Waals surface area contributed by atoms with Gasteiger partial charge < -0.3 is 8.85 Å². The molecule has 0 unspecified atom stereocenters. The van der Waals surface area contributed by atoms with E-state index in [-0.39, 0.29) is 0 Å². The van der Waals surface area contributed by atoms with Crippen molar-refractivity contribution >= 4 is 21.9 Å². The molecule has 0 heterocycles. The van der Waals surface area contributed by atoms with Gasteiger partial charge in [-0.25, -0.2) is 0 Å². The Morgan fingerprint density at radius 3 is 2.00 bits per heavy atom. The molecule has 0 radical (unpaired) electrons. The van der Waals surface area contributed by atoms with Gasteiger partial charge in [0.1, 0.15) is 0 Å². The molecule has 0 aliphatic rings. The van der Waals surface area contributed by atoms with E-state index in [1.54, 1.807) is 0 Å². The Morgan fingerprint density at radius 2 is 1.57 bits per heavy atom. The number of unbranched alkanes of at least 4 members (excludes halogenated alkanes) is 1. The van der Waals surface area contributed by atoms with Crippen LogP contribution in [0.1, 0.15) is 39.5 Å². The van der Waals surface area contributed by atoms with E-state index < -0.39 is 9.28 Å². The summed E-state index contributed by atoms with van der Waals surface area (Å²) in [5, 5.41) is 0. The normalized spacial score (nSPS) is 11.1. The molecule has 0 aromatic carbocycles. The standard InChI is InChI=1S/C10H24O2SSi/c1-3-7-11-14(12-8-4-2)10-6-5-9-13/h13-14H,3-10H2,1-2H3. The highest BCUT2D eigenvalue weighted by atomic mass is 32.1. The van der Waals surface area contributed by atoms with Crippen molar-refractivity contribution in [2.45, 2.75) is 45.6 Å². The Bertz CT molecular complexity index is 106. The van der Waals surface area contributed by atoms with E-state index in [9.17, 15) is 0 Å². The summed E-state index contributed by atoms with van der Waals surface area (Å²) in [4.78, 5) is 0. The van der Waals surface area contributed by atoms with Crippen LogP contribution in [0.15, 0.2) is 0 Å². The van der Waals surface area contributed by atoms with Crippen molar-refractivity contribution in [3.63, 3.8) is 0 Å². The monoisotopic (exact) mass is 236 g/mol. The molecule has 0 aliphatic heterocycles. The minimum atomic E-state index is -1.33. The topological polar surface area (TPSA) is 18.5 Å². The summed E-state index contributed by atoms with van der Waals surface area (Å²) in [6, 6.07) is 1.14. The third-order valence-electron chi connectivity index (χ3n) is 1.86. The van der Waals surface area contributed by atoms with Crippen LogP contribution in [-0.4, -0.2) is 28.3 Å². The van der Waals surface area contributed by atoms with Gasteiger partial charge >= 0.3 is 9.28 Å². The van der Waals surface area contributed by atoms with Crippen LogP contribution in [0.5, 0.6) is 0 Å². The lowest BCUT2D eigenvalue weighted by molar-refractivity contribution is 0.196. The number of thiol groups is 1. The summed E-state index contributed by atoms with van der Waals surface area (Å²) in [7, 11) is -1.33. The van der Waals surface area contributed by atoms with Crippen molar-refractivity contribution in [3.8, 4) is 0 Å². The van der Waals surface area contributed by atoms with Gasteiger partial charge in [0.25, 0.3) is 0 Å². The van der Waals surface area contributed by atoms with E-state index in [0.717, 1.165) is 37.9 Å². The van der Waals surface area contributed by atoms with Crippen LogP contribution in [0, 0.1) is 0 Å². The molecule has 0 aromatic heterocycles. The maximum absolute atomic E-state index is 5.73. The number of hydrogen-bond donors (Lipinski definition) is 1. The predicted molar refractivity (Wildman–Crippen MR) is 67.5 cm³/mol. The zero-order valence-electron chi connectivity index (χ0n) is 9.50. The third kappa shape index (κ3) is 9.06. The van der Waals surface area contributed by atoms with Gasteiger partial charge in [0.2, 0.25) is 0 Å². The molecule has 0 rings (SSSR count). The van der Waals surface area contributed by atoms with Crippen molar-refractivity contribution in [2.24, 2.45) is 0 Å². The zero-order valence-corrected chi connectivity index (χ0v) is 11.5. The number of hydrogen-bond acceptors (Lipinski definition) is 3. The van der Waals surface area contributed by atoms with Crippen molar-refractivity contribution in [2.75, 3.05) is 19.0 Å². The molecule has 14 heavy (non-hydrogen) atoms. The molecule has 4 heteroatoms. The molecule has 0 fully saturated rings. The molecule has 0 amide bonds. The summed E-state index contributed by atoms with van der Waals surface area (Å²) in [5.41, 5.74) is 0. The van der Waals surface area contributed by atoms with Gasteiger partial charge in [-0.3, -0.25) is 0 Å². The van der Waals surface area contributed by atoms with E-state index in [4.69, 9.17) is 8.85 Å². The second-order valence-electron chi connectivity index (χ2n) is 3.39. The van der Waals surface area contributed by atoms with Crippen LogP contribution in [0.3, 0.4) is 0 Å². The zero-order chi connectivity index (χ0) is 10.6. The molecule has 2 nitrogen and oxygen atoms in total. The van der Waals surface area contributed by atoms with Crippen LogP contribution >= 0.6 is 12.6 Å². The number of rotatable bonds is 10. The molecular weight excluding hydrogens is 212 g/mol. The Hall–Kier alpha value is 0.487. The SMILES string of the molecule is CCCO[SiH](CCCCS)OCCC. The van der Waals surface area contributed by atoms with Crippen molar-refractivity contribution in [1.29, 1.82) is 0 Å². The second kappa shape index (κ2) is 11.6. The third-order valence-corrected chi connectivity index (χ3v) is 4.27. The van der Waals surface area contributed by atoms with Crippen molar-refractivity contribution < 1.29 is 8.85 Å². The summed E-state index contributed by atoms with van der Waals surface area (Å²) in [6.07, 6.45) is 4.56. The first-order valence-corrected chi connectivity index (χ1v) is 8.08. The van der Waals surface area contributed by atoms with Crippen LogP contribution < -0.4 is 0 Å². The van der Waals surface area contributed by atoms with Crippen LogP contribution in [-0.2, 0) is 8.85 Å². The first kappa shape index (κ1) is 14.5. The highest BCUT2D eigenvalue weighted by Gasteiger charge is 2.11. The van der Waals surface area contributed by atoms with Crippen LogP contribution in [0.2, 0.25) is 6.04 Å². The van der Waals surface area contributed by atoms with Gasteiger partial charge in [-0.05, 0) is 31.1 Å². The van der Waals surface area contributed by atoms with E-state index in [1.807, 2.05) is 0 Å². The Balaban J connectivity index is 3.49. The van der Waals surface area contributed by atoms with Crippen LogP contribution in [0.25, 0.3) is 0 Å². The smallest absolute Gasteiger partial charge is 0.321 e. The molecule has 0 saturated carbocycles. The summed E-state index contributed by atoms with van der Waals surface area (Å²) < 4.78 is 11.5. The summed E-state index contributed by atoms with van der Waals surface area (Å²) in [6.45, 7) is 6.00. The van der Waals surface area contributed by atoms with Crippen LogP contribution in [0.4, 0.5) is 0 Å². The first-order chi connectivity index (χ1) is 6.85. The maximum atomic E-state index is 5.73. The Kier molecular flexibility index (Phi) is 12.0. The van der Waals surface area contributed by atoms with Gasteiger partial charge in [-0.15, -0.1) is 0 Å². The van der Waals surface area contributed by atoms with Gasteiger partial charge in [0.15, 0.2) is 0 Å². The summed E-state index contributed by atoms with van der Waals surface area (Å²) in [5.74, 6) is 0.975. The fourth-order valence-corrected chi connectivity index (χ4v) is 3.41. The lowest BCUT2D eigenvalue weighted by atomic mass is 10.4. The fraction of sp³-hybridized carbons (Fsp3) is 1.00. The lowest BCUT2D eigenvalue weighted by Gasteiger charge is -2.15. The minimum absolute atomic E-state index is 0.863. The van der Waals surface area contributed by atoms with Crippen molar-refractivity contribution in [1.82, 2.24) is 0 Å². The van der Waals surface area contributed by atoms with Gasteiger partial charge in [0, 0.05) is 13.2 Å². The van der Waals surface area contributed by atoms with Gasteiger partial charge in [0.05, 0.1) is 0 Å². The predicted octanol–water partition coefficient (Wildman–Crippen LogP) is 2.77. The minimum Gasteiger partial charge on any atom is -0.397 e. The molecule has 86 valence electrons. The van der Waals surface area contributed by atoms with Gasteiger partial charge in [-0.1, -0.05) is 20.3 Å². The molecule has 0 aromatic rings.